The van der Waals surface area contributed by atoms with Crippen LogP contribution in [0.15, 0.2) is 0 Å². The molecule has 0 heterocycles. The molecule has 0 aromatic carbocycles. The van der Waals surface area contributed by atoms with Crippen molar-refractivity contribution in [2.24, 2.45) is 0 Å². The molecule has 0 saturated carbocycles. The fourth-order valence-corrected chi connectivity index (χ4v) is 2.37. The van der Waals surface area contributed by atoms with Crippen LogP contribution < -0.4 is 29.6 Å². The summed E-state index contributed by atoms with van der Waals surface area (Å²) in [6.07, 6.45) is 10.7. The van der Waals surface area contributed by atoms with E-state index in [1.165, 1.54) is 38.5 Å². The van der Waals surface area contributed by atoms with Crippen molar-refractivity contribution in [3.63, 3.8) is 0 Å². The number of rotatable bonds is 11. The molecule has 0 rings (SSSR count). The zero-order chi connectivity index (χ0) is 13.1. The molecule has 0 radical (unpaired) electrons. The quantitative estimate of drug-likeness (QED) is 0.248. The van der Waals surface area contributed by atoms with Crippen molar-refractivity contribution in [1.82, 2.24) is 0 Å². The molecule has 6 heteroatoms. The standard InChI is InChI=1S/C12H25ClO3S.Na/c1-2-3-4-5-6-7-8-9-10-11-12(13)17(14,15)16;/h12H,2-11H2,1H3,(H,14,15,16);/q;+1/p-1. The van der Waals surface area contributed by atoms with E-state index in [4.69, 9.17) is 11.6 Å². The fraction of sp³-hybridized carbons (Fsp3) is 1.00. The molecule has 104 valence electrons. The predicted molar refractivity (Wildman–Crippen MR) is 71.2 cm³/mol. The van der Waals surface area contributed by atoms with Crippen molar-refractivity contribution in [1.29, 1.82) is 0 Å². The molecular formula is C12H24ClNaO3S. The minimum absolute atomic E-state index is 0. The maximum Gasteiger partial charge on any atom is 1.00 e. The molecule has 1 unspecified atom stereocenters. The molecule has 18 heavy (non-hydrogen) atoms. The molecule has 0 aromatic rings. The van der Waals surface area contributed by atoms with Gasteiger partial charge in [0.25, 0.3) is 0 Å². The van der Waals surface area contributed by atoms with Gasteiger partial charge in [0, 0.05) is 0 Å². The Labute approximate surface area is 139 Å². The number of hydrogen-bond donors (Lipinski definition) is 0. The van der Waals surface area contributed by atoms with Gasteiger partial charge < -0.3 is 4.55 Å². The smallest absolute Gasteiger partial charge is 0.747 e. The molecule has 1 atom stereocenters. The van der Waals surface area contributed by atoms with Crippen molar-refractivity contribution in [3.05, 3.63) is 0 Å². The second-order valence-electron chi connectivity index (χ2n) is 4.52. The first-order valence-electron chi connectivity index (χ1n) is 6.57. The SMILES string of the molecule is CCCCCCCCCCCC(Cl)S(=O)(=O)[O-].[Na+]. The molecule has 0 bridgehead atoms. The van der Waals surface area contributed by atoms with E-state index >= 15 is 0 Å². The molecule has 0 saturated heterocycles. The average Bonchev–Trinajstić information content (AvgIpc) is 2.25. The van der Waals surface area contributed by atoms with E-state index in [9.17, 15) is 13.0 Å². The first kappa shape index (κ1) is 21.5. The van der Waals surface area contributed by atoms with Crippen molar-refractivity contribution < 1.29 is 42.5 Å². The van der Waals surface area contributed by atoms with E-state index < -0.39 is 14.8 Å². The molecule has 0 spiro atoms. The zero-order valence-electron chi connectivity index (χ0n) is 11.7. The molecule has 0 fully saturated rings. The summed E-state index contributed by atoms with van der Waals surface area (Å²) in [4.78, 5) is 0. The minimum Gasteiger partial charge on any atom is -0.747 e. The molecule has 3 nitrogen and oxygen atoms in total. The van der Waals surface area contributed by atoms with E-state index in [1.54, 1.807) is 0 Å². The van der Waals surface area contributed by atoms with E-state index in [-0.39, 0.29) is 36.0 Å². The van der Waals surface area contributed by atoms with Gasteiger partial charge in [-0.3, -0.25) is 0 Å². The van der Waals surface area contributed by atoms with Gasteiger partial charge in [-0.2, -0.15) is 0 Å². The summed E-state index contributed by atoms with van der Waals surface area (Å²) >= 11 is 5.45. The summed E-state index contributed by atoms with van der Waals surface area (Å²) in [7, 11) is -4.30. The molecular weight excluding hydrogens is 283 g/mol. The minimum atomic E-state index is -4.30. The monoisotopic (exact) mass is 306 g/mol. The maximum absolute atomic E-state index is 10.5. The number of hydrogen-bond acceptors (Lipinski definition) is 3. The summed E-state index contributed by atoms with van der Waals surface area (Å²) in [6, 6.07) is 0. The second kappa shape index (κ2) is 13.2. The first-order valence-corrected chi connectivity index (χ1v) is 8.48. The van der Waals surface area contributed by atoms with Crippen LogP contribution in [0.1, 0.15) is 71.1 Å². The van der Waals surface area contributed by atoms with Gasteiger partial charge in [-0.15, -0.1) is 11.6 Å². The third-order valence-electron chi connectivity index (χ3n) is 2.85. The van der Waals surface area contributed by atoms with Crippen LogP contribution in [0.4, 0.5) is 0 Å². The number of alkyl halides is 1. The molecule has 0 aliphatic carbocycles. The number of halogens is 1. The average molecular weight is 307 g/mol. The van der Waals surface area contributed by atoms with Crippen molar-refractivity contribution in [2.75, 3.05) is 0 Å². The van der Waals surface area contributed by atoms with Crippen LogP contribution in [-0.4, -0.2) is 17.7 Å². The molecule has 0 N–H and O–H groups in total. The van der Waals surface area contributed by atoms with Crippen LogP contribution in [0.3, 0.4) is 0 Å². The first-order chi connectivity index (χ1) is 7.98. The summed E-state index contributed by atoms with van der Waals surface area (Å²) in [5.74, 6) is 0. The zero-order valence-corrected chi connectivity index (χ0v) is 15.2. The Morgan fingerprint density at radius 3 is 1.72 bits per heavy atom. The van der Waals surface area contributed by atoms with Crippen LogP contribution >= 0.6 is 11.6 Å². The summed E-state index contributed by atoms with van der Waals surface area (Å²) < 4.78 is 30.3. The van der Waals surface area contributed by atoms with Crippen LogP contribution in [-0.2, 0) is 10.1 Å². The second-order valence-corrected chi connectivity index (χ2v) is 6.86. The van der Waals surface area contributed by atoms with Gasteiger partial charge in [0.2, 0.25) is 0 Å². The largest absolute Gasteiger partial charge is 1.00 e. The van der Waals surface area contributed by atoms with Gasteiger partial charge >= 0.3 is 29.6 Å². The van der Waals surface area contributed by atoms with Gasteiger partial charge in [0.15, 0.2) is 0 Å². The van der Waals surface area contributed by atoms with Crippen LogP contribution in [0.5, 0.6) is 0 Å². The van der Waals surface area contributed by atoms with Crippen molar-refractivity contribution in [2.45, 2.75) is 75.8 Å². The van der Waals surface area contributed by atoms with Gasteiger partial charge in [0.05, 0.1) is 0 Å². The van der Waals surface area contributed by atoms with Crippen LogP contribution in [0, 0.1) is 0 Å². The Morgan fingerprint density at radius 1 is 0.944 bits per heavy atom. The van der Waals surface area contributed by atoms with Gasteiger partial charge in [-0.1, -0.05) is 64.7 Å². The van der Waals surface area contributed by atoms with E-state index in [0.717, 1.165) is 19.3 Å². The van der Waals surface area contributed by atoms with Crippen LogP contribution in [0.25, 0.3) is 0 Å². The number of unbranched alkanes of at least 4 members (excludes halogenated alkanes) is 8. The summed E-state index contributed by atoms with van der Waals surface area (Å²) in [6.45, 7) is 2.20. The van der Waals surface area contributed by atoms with Crippen molar-refractivity contribution in [3.8, 4) is 0 Å². The maximum atomic E-state index is 10.5. The Hall–Kier alpha value is 1.20. The Morgan fingerprint density at radius 2 is 1.33 bits per heavy atom. The third-order valence-corrected chi connectivity index (χ3v) is 4.58. The van der Waals surface area contributed by atoms with Crippen LogP contribution in [0.2, 0.25) is 0 Å². The van der Waals surface area contributed by atoms with Gasteiger partial charge in [0.1, 0.15) is 14.8 Å². The Kier molecular flexibility index (Phi) is 15.8. The Bertz CT molecular complexity index is 270. The van der Waals surface area contributed by atoms with E-state index in [2.05, 4.69) is 6.92 Å². The normalized spacial score (nSPS) is 13.1. The molecule has 0 aliphatic rings. The molecule has 0 aromatic heterocycles. The van der Waals surface area contributed by atoms with Gasteiger partial charge in [-0.25, -0.2) is 8.42 Å². The topological polar surface area (TPSA) is 57.2 Å². The predicted octanol–water partition coefficient (Wildman–Crippen LogP) is 1.02. The third kappa shape index (κ3) is 13.6. The van der Waals surface area contributed by atoms with Crippen molar-refractivity contribution >= 4 is 21.7 Å². The Balaban J connectivity index is 0. The summed E-state index contributed by atoms with van der Waals surface area (Å²) in [5.41, 5.74) is 0. The van der Waals surface area contributed by atoms with E-state index in [0.29, 0.717) is 0 Å². The van der Waals surface area contributed by atoms with E-state index in [1.807, 2.05) is 0 Å². The summed E-state index contributed by atoms with van der Waals surface area (Å²) in [5, 5.41) is 0. The molecule has 0 amide bonds. The molecule has 0 aliphatic heterocycles. The fourth-order valence-electron chi connectivity index (χ4n) is 1.76. The van der Waals surface area contributed by atoms with Gasteiger partial charge in [-0.05, 0) is 6.42 Å².